The van der Waals surface area contributed by atoms with Crippen molar-refractivity contribution in [3.63, 3.8) is 0 Å². The summed E-state index contributed by atoms with van der Waals surface area (Å²) in [4.78, 5) is 2.28. The predicted octanol–water partition coefficient (Wildman–Crippen LogP) is 0.281. The molecule has 94 valence electrons. The highest BCUT2D eigenvalue weighted by molar-refractivity contribution is 4.93. The highest BCUT2D eigenvalue weighted by Gasteiger charge is 2.37. The summed E-state index contributed by atoms with van der Waals surface area (Å²) in [6.45, 7) is 3.95. The third-order valence-electron chi connectivity index (χ3n) is 3.66. The smallest absolute Gasteiger partial charge is 0.101 e. The molecule has 2 fully saturated rings. The summed E-state index contributed by atoms with van der Waals surface area (Å²) in [5.74, 6) is 0. The van der Waals surface area contributed by atoms with E-state index in [0.717, 1.165) is 39.1 Å². The number of hydrogen-bond donors (Lipinski definition) is 1. The Balaban J connectivity index is 1.49. The standard InChI is InChI=1S/C12H19N3O2/c16-12(3-1-6-17-10-12)9-14-7-11(8-14)15-5-2-4-13-15/h2,4-5,11,16H,1,3,6-10H2. The average molecular weight is 237 g/mol. The van der Waals surface area contributed by atoms with Crippen LogP contribution >= 0.6 is 0 Å². The van der Waals surface area contributed by atoms with E-state index in [1.807, 2.05) is 23.1 Å². The molecule has 1 unspecified atom stereocenters. The van der Waals surface area contributed by atoms with Gasteiger partial charge in [0.25, 0.3) is 0 Å². The van der Waals surface area contributed by atoms with E-state index in [9.17, 15) is 5.11 Å². The van der Waals surface area contributed by atoms with E-state index < -0.39 is 5.60 Å². The van der Waals surface area contributed by atoms with E-state index in [1.165, 1.54) is 0 Å². The van der Waals surface area contributed by atoms with Crippen LogP contribution in [0.5, 0.6) is 0 Å². The van der Waals surface area contributed by atoms with Crippen molar-refractivity contribution >= 4 is 0 Å². The molecule has 0 aromatic carbocycles. The van der Waals surface area contributed by atoms with E-state index in [-0.39, 0.29) is 0 Å². The van der Waals surface area contributed by atoms with Crippen LogP contribution in [0, 0.1) is 0 Å². The Morgan fingerprint density at radius 2 is 2.35 bits per heavy atom. The summed E-state index contributed by atoms with van der Waals surface area (Å²) in [6.07, 6.45) is 5.63. The van der Waals surface area contributed by atoms with Crippen LogP contribution in [0.2, 0.25) is 0 Å². The van der Waals surface area contributed by atoms with Gasteiger partial charge in [-0.2, -0.15) is 5.10 Å². The fourth-order valence-corrected chi connectivity index (χ4v) is 2.71. The van der Waals surface area contributed by atoms with E-state index in [0.29, 0.717) is 12.6 Å². The number of aliphatic hydroxyl groups is 1. The lowest BCUT2D eigenvalue weighted by Crippen LogP contribution is -2.56. The Morgan fingerprint density at radius 1 is 1.47 bits per heavy atom. The molecule has 1 N–H and O–H groups in total. The lowest BCUT2D eigenvalue weighted by atomic mass is 9.94. The predicted molar refractivity (Wildman–Crippen MR) is 62.7 cm³/mol. The number of likely N-dealkylation sites (tertiary alicyclic amines) is 1. The molecule has 17 heavy (non-hydrogen) atoms. The minimum atomic E-state index is -0.632. The second-order valence-corrected chi connectivity index (χ2v) is 5.21. The fraction of sp³-hybridized carbons (Fsp3) is 0.750. The maximum absolute atomic E-state index is 10.3. The number of nitrogens with zero attached hydrogens (tertiary/aromatic N) is 3. The second-order valence-electron chi connectivity index (χ2n) is 5.21. The monoisotopic (exact) mass is 237 g/mol. The first-order valence-electron chi connectivity index (χ1n) is 6.27. The van der Waals surface area contributed by atoms with Crippen molar-refractivity contribution in [2.45, 2.75) is 24.5 Å². The van der Waals surface area contributed by atoms with E-state index in [2.05, 4.69) is 10.00 Å². The minimum absolute atomic E-state index is 0.470. The second kappa shape index (κ2) is 4.40. The molecule has 5 heteroatoms. The highest BCUT2D eigenvalue weighted by atomic mass is 16.5. The van der Waals surface area contributed by atoms with Crippen LogP contribution in [0.4, 0.5) is 0 Å². The molecule has 5 nitrogen and oxygen atoms in total. The first-order chi connectivity index (χ1) is 8.25. The van der Waals surface area contributed by atoms with Gasteiger partial charge >= 0.3 is 0 Å². The van der Waals surface area contributed by atoms with Crippen LogP contribution in [0.3, 0.4) is 0 Å². The van der Waals surface area contributed by atoms with Gasteiger partial charge < -0.3 is 9.84 Å². The van der Waals surface area contributed by atoms with Gasteiger partial charge in [0.1, 0.15) is 5.60 Å². The zero-order valence-electron chi connectivity index (χ0n) is 9.96. The van der Waals surface area contributed by atoms with E-state index >= 15 is 0 Å². The first kappa shape index (κ1) is 11.2. The van der Waals surface area contributed by atoms with Crippen LogP contribution < -0.4 is 0 Å². The van der Waals surface area contributed by atoms with E-state index in [1.54, 1.807) is 0 Å². The third-order valence-corrected chi connectivity index (χ3v) is 3.66. The van der Waals surface area contributed by atoms with Gasteiger partial charge in [0.05, 0.1) is 12.6 Å². The molecule has 1 atom stereocenters. The maximum atomic E-state index is 10.3. The molecule has 0 saturated carbocycles. The molecular formula is C12H19N3O2. The van der Waals surface area contributed by atoms with Crippen LogP contribution in [-0.4, -0.2) is 58.2 Å². The van der Waals surface area contributed by atoms with Gasteiger partial charge in [-0.1, -0.05) is 0 Å². The van der Waals surface area contributed by atoms with Crippen molar-refractivity contribution in [1.29, 1.82) is 0 Å². The largest absolute Gasteiger partial charge is 0.386 e. The van der Waals surface area contributed by atoms with Crippen molar-refractivity contribution in [1.82, 2.24) is 14.7 Å². The van der Waals surface area contributed by atoms with Crippen LogP contribution in [0.25, 0.3) is 0 Å². The number of β-amino-alcohol motifs (C(OH)–C–C–N with tert-alkyl or cyclic N) is 1. The highest BCUT2D eigenvalue weighted by Crippen LogP contribution is 2.26. The zero-order valence-corrected chi connectivity index (χ0v) is 9.96. The molecule has 3 heterocycles. The first-order valence-corrected chi connectivity index (χ1v) is 6.27. The van der Waals surface area contributed by atoms with Crippen LogP contribution in [-0.2, 0) is 4.74 Å². The lowest BCUT2D eigenvalue weighted by molar-refractivity contribution is -0.112. The van der Waals surface area contributed by atoms with Crippen LogP contribution in [0.1, 0.15) is 18.9 Å². The molecule has 2 aliphatic rings. The lowest BCUT2D eigenvalue weighted by Gasteiger charge is -2.44. The van der Waals surface area contributed by atoms with Gasteiger partial charge in [-0.15, -0.1) is 0 Å². The van der Waals surface area contributed by atoms with E-state index in [4.69, 9.17) is 4.74 Å². The topological polar surface area (TPSA) is 50.5 Å². The van der Waals surface area contributed by atoms with Crippen molar-refractivity contribution in [3.05, 3.63) is 18.5 Å². The quantitative estimate of drug-likeness (QED) is 0.820. The van der Waals surface area contributed by atoms with Crippen LogP contribution in [0.15, 0.2) is 18.5 Å². The Bertz CT molecular complexity index is 354. The molecule has 2 aliphatic heterocycles. The molecule has 1 aromatic heterocycles. The summed E-state index contributed by atoms with van der Waals surface area (Å²) in [7, 11) is 0. The molecule has 0 amide bonds. The molecule has 2 saturated heterocycles. The van der Waals surface area contributed by atoms with Crippen molar-refractivity contribution in [2.24, 2.45) is 0 Å². The van der Waals surface area contributed by atoms with Gasteiger partial charge in [0.2, 0.25) is 0 Å². The molecule has 3 rings (SSSR count). The number of hydrogen-bond acceptors (Lipinski definition) is 4. The number of aromatic nitrogens is 2. The van der Waals surface area contributed by atoms with Gasteiger partial charge in [-0.05, 0) is 18.9 Å². The SMILES string of the molecule is OC1(CN2CC(n3cccn3)C2)CCCOC1. The number of rotatable bonds is 3. The molecule has 1 aromatic rings. The summed E-state index contributed by atoms with van der Waals surface area (Å²) in [5, 5.41) is 14.6. The third kappa shape index (κ3) is 2.36. The van der Waals surface area contributed by atoms with Crippen molar-refractivity contribution in [2.75, 3.05) is 32.8 Å². The average Bonchev–Trinajstić information content (AvgIpc) is 2.77. The summed E-state index contributed by atoms with van der Waals surface area (Å²) in [6, 6.07) is 2.42. The van der Waals surface area contributed by atoms with Gasteiger partial charge in [0.15, 0.2) is 0 Å². The maximum Gasteiger partial charge on any atom is 0.101 e. The van der Waals surface area contributed by atoms with Gasteiger partial charge in [-0.3, -0.25) is 9.58 Å². The molecule has 0 aliphatic carbocycles. The van der Waals surface area contributed by atoms with Crippen molar-refractivity contribution < 1.29 is 9.84 Å². The van der Waals surface area contributed by atoms with Gasteiger partial charge in [-0.25, -0.2) is 0 Å². The Morgan fingerprint density at radius 3 is 3.00 bits per heavy atom. The molecular weight excluding hydrogens is 218 g/mol. The van der Waals surface area contributed by atoms with Gasteiger partial charge in [0, 0.05) is 38.6 Å². The number of ether oxygens (including phenoxy) is 1. The molecule has 0 bridgehead atoms. The summed E-state index contributed by atoms with van der Waals surface area (Å²) < 4.78 is 7.36. The zero-order chi connectivity index (χ0) is 11.7. The summed E-state index contributed by atoms with van der Waals surface area (Å²) in [5.41, 5.74) is -0.632. The summed E-state index contributed by atoms with van der Waals surface area (Å²) >= 11 is 0. The Kier molecular flexibility index (Phi) is 2.90. The Hall–Kier alpha value is -0.910. The fourth-order valence-electron chi connectivity index (χ4n) is 2.71. The van der Waals surface area contributed by atoms with Crippen molar-refractivity contribution in [3.8, 4) is 0 Å². The molecule has 0 radical (unpaired) electrons. The minimum Gasteiger partial charge on any atom is -0.386 e. The normalized spacial score (nSPS) is 31.4. The Labute approximate surface area is 101 Å². The molecule has 0 spiro atoms.